The first-order valence-corrected chi connectivity index (χ1v) is 6.67. The average Bonchev–Trinajstić information content (AvgIpc) is 2.85. The molecule has 2 rings (SSSR count). The SMILES string of the molecule is CCCC(NCC1CC2CCC1C2)C(=O)O. The van der Waals surface area contributed by atoms with Gasteiger partial charge in [-0.2, -0.15) is 0 Å². The van der Waals surface area contributed by atoms with Gasteiger partial charge >= 0.3 is 5.97 Å². The summed E-state index contributed by atoms with van der Waals surface area (Å²) in [5.41, 5.74) is 0. The smallest absolute Gasteiger partial charge is 0.320 e. The minimum atomic E-state index is -0.690. The first-order valence-electron chi connectivity index (χ1n) is 6.67. The number of hydrogen-bond donors (Lipinski definition) is 2. The molecule has 0 amide bonds. The fourth-order valence-corrected chi connectivity index (χ4v) is 3.52. The second-order valence-electron chi connectivity index (χ2n) is 5.52. The Morgan fingerprint density at radius 3 is 2.75 bits per heavy atom. The molecular formula is C13H23NO2. The Morgan fingerprint density at radius 1 is 1.44 bits per heavy atom. The van der Waals surface area contributed by atoms with Crippen molar-refractivity contribution in [3.05, 3.63) is 0 Å². The van der Waals surface area contributed by atoms with Crippen LogP contribution in [0, 0.1) is 17.8 Å². The van der Waals surface area contributed by atoms with Crippen molar-refractivity contribution in [3.63, 3.8) is 0 Å². The lowest BCUT2D eigenvalue weighted by molar-refractivity contribution is -0.139. The second kappa shape index (κ2) is 5.17. The summed E-state index contributed by atoms with van der Waals surface area (Å²) in [6.07, 6.45) is 7.20. The van der Waals surface area contributed by atoms with E-state index in [-0.39, 0.29) is 6.04 Å². The van der Waals surface area contributed by atoms with Crippen molar-refractivity contribution in [1.29, 1.82) is 0 Å². The van der Waals surface area contributed by atoms with Gasteiger partial charge in [-0.05, 0) is 50.0 Å². The number of fused-ring (bicyclic) bond motifs is 2. The van der Waals surface area contributed by atoms with E-state index in [1.807, 2.05) is 6.92 Å². The predicted molar refractivity (Wildman–Crippen MR) is 63.3 cm³/mol. The van der Waals surface area contributed by atoms with Crippen molar-refractivity contribution >= 4 is 5.97 Å². The van der Waals surface area contributed by atoms with E-state index in [0.29, 0.717) is 0 Å². The van der Waals surface area contributed by atoms with Gasteiger partial charge in [0.05, 0.1) is 0 Å². The summed E-state index contributed by atoms with van der Waals surface area (Å²) >= 11 is 0. The summed E-state index contributed by atoms with van der Waals surface area (Å²) in [4.78, 5) is 11.0. The van der Waals surface area contributed by atoms with Crippen molar-refractivity contribution < 1.29 is 9.90 Å². The molecule has 4 atom stereocenters. The van der Waals surface area contributed by atoms with Crippen LogP contribution in [-0.4, -0.2) is 23.7 Å². The number of aliphatic carboxylic acids is 1. The molecule has 2 N–H and O–H groups in total. The third-order valence-corrected chi connectivity index (χ3v) is 4.39. The number of carboxylic acid groups (broad SMARTS) is 1. The van der Waals surface area contributed by atoms with Crippen molar-refractivity contribution in [3.8, 4) is 0 Å². The first kappa shape index (κ1) is 11.9. The Hall–Kier alpha value is -0.570. The third kappa shape index (κ3) is 2.57. The maximum absolute atomic E-state index is 11.0. The Balaban J connectivity index is 1.75. The van der Waals surface area contributed by atoms with Crippen LogP contribution in [-0.2, 0) is 4.79 Å². The van der Waals surface area contributed by atoms with E-state index < -0.39 is 5.97 Å². The lowest BCUT2D eigenvalue weighted by atomic mass is 9.88. The minimum absolute atomic E-state index is 0.330. The molecule has 0 heterocycles. The summed E-state index contributed by atoms with van der Waals surface area (Å²) in [5.74, 6) is 1.89. The van der Waals surface area contributed by atoms with Gasteiger partial charge in [0.25, 0.3) is 0 Å². The van der Waals surface area contributed by atoms with Crippen LogP contribution in [0.2, 0.25) is 0 Å². The first-order chi connectivity index (χ1) is 7.70. The zero-order valence-electron chi connectivity index (χ0n) is 10.1. The van der Waals surface area contributed by atoms with Gasteiger partial charge in [-0.25, -0.2) is 0 Å². The normalized spacial score (nSPS) is 34.2. The van der Waals surface area contributed by atoms with E-state index in [1.54, 1.807) is 0 Å². The van der Waals surface area contributed by atoms with Crippen LogP contribution in [0.1, 0.15) is 45.4 Å². The van der Waals surface area contributed by atoms with E-state index in [1.165, 1.54) is 25.7 Å². The van der Waals surface area contributed by atoms with Crippen LogP contribution in [0.25, 0.3) is 0 Å². The van der Waals surface area contributed by atoms with Gasteiger partial charge in [0.1, 0.15) is 6.04 Å². The highest BCUT2D eigenvalue weighted by molar-refractivity contribution is 5.73. The standard InChI is InChI=1S/C13H23NO2/c1-2-3-12(13(15)16)14-8-11-7-9-4-5-10(11)6-9/h9-12,14H,2-8H2,1H3,(H,15,16). The molecule has 92 valence electrons. The topological polar surface area (TPSA) is 49.3 Å². The predicted octanol–water partition coefficient (Wildman–Crippen LogP) is 2.27. The lowest BCUT2D eigenvalue weighted by Crippen LogP contribution is -2.40. The molecule has 3 heteroatoms. The van der Waals surface area contributed by atoms with Gasteiger partial charge in [-0.15, -0.1) is 0 Å². The quantitative estimate of drug-likeness (QED) is 0.729. The molecule has 0 aromatic heterocycles. The molecule has 16 heavy (non-hydrogen) atoms. The summed E-state index contributed by atoms with van der Waals surface area (Å²) in [5, 5.41) is 12.3. The molecule has 2 fully saturated rings. The summed E-state index contributed by atoms with van der Waals surface area (Å²) in [6.45, 7) is 2.95. The number of hydrogen-bond acceptors (Lipinski definition) is 2. The van der Waals surface area contributed by atoms with Crippen molar-refractivity contribution in [2.75, 3.05) is 6.54 Å². The van der Waals surface area contributed by atoms with Crippen molar-refractivity contribution in [2.45, 2.75) is 51.5 Å². The summed E-state index contributed by atoms with van der Waals surface area (Å²) in [6, 6.07) is -0.330. The Labute approximate surface area is 97.6 Å². The Morgan fingerprint density at radius 2 is 2.25 bits per heavy atom. The second-order valence-corrected chi connectivity index (χ2v) is 5.52. The molecule has 2 saturated carbocycles. The molecule has 3 nitrogen and oxygen atoms in total. The minimum Gasteiger partial charge on any atom is -0.480 e. The van der Waals surface area contributed by atoms with Gasteiger partial charge in [0, 0.05) is 0 Å². The van der Waals surface area contributed by atoms with Crippen LogP contribution >= 0.6 is 0 Å². The molecule has 2 bridgehead atoms. The Bertz CT molecular complexity index is 254. The van der Waals surface area contributed by atoms with E-state index >= 15 is 0 Å². The van der Waals surface area contributed by atoms with E-state index in [0.717, 1.165) is 37.1 Å². The monoisotopic (exact) mass is 225 g/mol. The van der Waals surface area contributed by atoms with Crippen LogP contribution < -0.4 is 5.32 Å². The van der Waals surface area contributed by atoms with Gasteiger partial charge in [-0.3, -0.25) is 4.79 Å². The molecule has 2 aliphatic rings. The fourth-order valence-electron chi connectivity index (χ4n) is 3.52. The maximum Gasteiger partial charge on any atom is 0.320 e. The van der Waals surface area contributed by atoms with Gasteiger partial charge in [0.15, 0.2) is 0 Å². The number of rotatable bonds is 6. The lowest BCUT2D eigenvalue weighted by Gasteiger charge is -2.24. The molecule has 0 saturated heterocycles. The van der Waals surface area contributed by atoms with Gasteiger partial charge in [-0.1, -0.05) is 19.8 Å². The van der Waals surface area contributed by atoms with E-state index in [9.17, 15) is 4.79 Å². The molecule has 0 spiro atoms. The van der Waals surface area contributed by atoms with Gasteiger partial charge in [0.2, 0.25) is 0 Å². The van der Waals surface area contributed by atoms with Crippen LogP contribution in [0.3, 0.4) is 0 Å². The molecule has 0 aromatic carbocycles. The number of carboxylic acids is 1. The molecule has 0 aromatic rings. The highest BCUT2D eigenvalue weighted by Gasteiger charge is 2.39. The van der Waals surface area contributed by atoms with E-state index in [4.69, 9.17) is 5.11 Å². The highest BCUT2D eigenvalue weighted by Crippen LogP contribution is 2.47. The molecule has 0 aliphatic heterocycles. The van der Waals surface area contributed by atoms with Crippen LogP contribution in [0.5, 0.6) is 0 Å². The molecular weight excluding hydrogens is 202 g/mol. The average molecular weight is 225 g/mol. The highest BCUT2D eigenvalue weighted by atomic mass is 16.4. The molecule has 2 aliphatic carbocycles. The van der Waals surface area contributed by atoms with Crippen molar-refractivity contribution in [1.82, 2.24) is 5.32 Å². The van der Waals surface area contributed by atoms with Crippen molar-refractivity contribution in [2.24, 2.45) is 17.8 Å². The van der Waals surface area contributed by atoms with Crippen LogP contribution in [0.15, 0.2) is 0 Å². The number of carbonyl (C=O) groups is 1. The summed E-state index contributed by atoms with van der Waals surface area (Å²) < 4.78 is 0. The zero-order chi connectivity index (χ0) is 11.5. The zero-order valence-corrected chi connectivity index (χ0v) is 10.1. The fraction of sp³-hybridized carbons (Fsp3) is 0.923. The maximum atomic E-state index is 11.0. The molecule has 4 unspecified atom stereocenters. The Kier molecular flexibility index (Phi) is 3.85. The summed E-state index contributed by atoms with van der Waals surface area (Å²) in [7, 11) is 0. The third-order valence-electron chi connectivity index (χ3n) is 4.39. The largest absolute Gasteiger partial charge is 0.480 e. The van der Waals surface area contributed by atoms with Crippen LogP contribution in [0.4, 0.5) is 0 Å². The van der Waals surface area contributed by atoms with E-state index in [2.05, 4.69) is 5.32 Å². The number of nitrogens with one attached hydrogen (secondary N) is 1. The van der Waals surface area contributed by atoms with Gasteiger partial charge < -0.3 is 10.4 Å². The molecule has 0 radical (unpaired) electrons.